The molecule has 1 atom stereocenters. The Morgan fingerprint density at radius 2 is 1.85 bits per heavy atom. The van der Waals surface area contributed by atoms with Crippen LogP contribution in [0.2, 0.25) is 0 Å². The summed E-state index contributed by atoms with van der Waals surface area (Å²) in [5, 5.41) is 0. The number of benzene rings is 1. The van der Waals surface area contributed by atoms with Gasteiger partial charge in [-0.25, -0.2) is 9.97 Å². The van der Waals surface area contributed by atoms with E-state index in [1.807, 2.05) is 43.6 Å². The summed E-state index contributed by atoms with van der Waals surface area (Å²) in [7, 11) is 1.42. The third kappa shape index (κ3) is 4.21. The van der Waals surface area contributed by atoms with Crippen LogP contribution in [0.3, 0.4) is 0 Å². The highest BCUT2D eigenvalue weighted by molar-refractivity contribution is 5.70. The molecule has 1 aliphatic carbocycles. The van der Waals surface area contributed by atoms with E-state index >= 15 is 0 Å². The van der Waals surface area contributed by atoms with Crippen molar-refractivity contribution in [3.63, 3.8) is 0 Å². The highest BCUT2D eigenvalue weighted by Crippen LogP contribution is 2.39. The molecule has 0 amide bonds. The van der Waals surface area contributed by atoms with Crippen LogP contribution in [0.5, 0.6) is 5.75 Å². The SMILES string of the molecule is COC(=O)C[C@@H](C)c1ccc(OC2CN(c3ncc(C4CC4)cn3)C2)cc1. The summed E-state index contributed by atoms with van der Waals surface area (Å²) < 4.78 is 10.8. The van der Waals surface area contributed by atoms with Gasteiger partial charge in [-0.3, -0.25) is 4.79 Å². The maximum absolute atomic E-state index is 11.4. The zero-order valence-corrected chi connectivity index (χ0v) is 15.8. The molecule has 1 aromatic heterocycles. The van der Waals surface area contributed by atoms with Crippen molar-refractivity contribution < 1.29 is 14.3 Å². The van der Waals surface area contributed by atoms with E-state index in [2.05, 4.69) is 14.9 Å². The van der Waals surface area contributed by atoms with Crippen molar-refractivity contribution in [2.45, 2.75) is 44.1 Å². The van der Waals surface area contributed by atoms with E-state index in [1.54, 1.807) is 0 Å². The van der Waals surface area contributed by atoms with Crippen LogP contribution in [-0.2, 0) is 9.53 Å². The number of rotatable bonds is 7. The molecule has 1 saturated carbocycles. The first-order chi connectivity index (χ1) is 13.1. The monoisotopic (exact) mass is 367 g/mol. The number of aromatic nitrogens is 2. The molecular formula is C21H25N3O3. The minimum atomic E-state index is -0.190. The second kappa shape index (κ2) is 7.55. The molecule has 0 bridgehead atoms. The van der Waals surface area contributed by atoms with Gasteiger partial charge in [-0.2, -0.15) is 0 Å². The van der Waals surface area contributed by atoms with Crippen LogP contribution in [0.4, 0.5) is 5.95 Å². The first-order valence-electron chi connectivity index (χ1n) is 9.52. The van der Waals surface area contributed by atoms with Crippen molar-refractivity contribution in [2.24, 2.45) is 0 Å². The zero-order valence-electron chi connectivity index (χ0n) is 15.8. The minimum Gasteiger partial charge on any atom is -0.487 e. The van der Waals surface area contributed by atoms with Gasteiger partial charge in [0.1, 0.15) is 11.9 Å². The smallest absolute Gasteiger partial charge is 0.306 e. The Labute approximate surface area is 159 Å². The predicted octanol–water partition coefficient (Wildman–Crippen LogP) is 3.29. The number of carbonyl (C=O) groups excluding carboxylic acids is 1. The highest BCUT2D eigenvalue weighted by Gasteiger charge is 2.31. The molecule has 0 radical (unpaired) electrons. The molecule has 27 heavy (non-hydrogen) atoms. The Balaban J connectivity index is 1.26. The van der Waals surface area contributed by atoms with Gasteiger partial charge >= 0.3 is 5.97 Å². The number of nitrogens with zero attached hydrogens (tertiary/aromatic N) is 3. The number of methoxy groups -OCH3 is 1. The average Bonchev–Trinajstić information content (AvgIpc) is 3.50. The number of hydrogen-bond acceptors (Lipinski definition) is 6. The molecule has 1 aliphatic heterocycles. The normalized spacial score (nSPS) is 17.9. The minimum absolute atomic E-state index is 0.126. The molecule has 2 aliphatic rings. The van der Waals surface area contributed by atoms with Crippen molar-refractivity contribution >= 4 is 11.9 Å². The van der Waals surface area contributed by atoms with Crippen molar-refractivity contribution in [1.82, 2.24) is 9.97 Å². The predicted molar refractivity (Wildman–Crippen MR) is 102 cm³/mol. The van der Waals surface area contributed by atoms with E-state index in [-0.39, 0.29) is 18.0 Å². The summed E-state index contributed by atoms with van der Waals surface area (Å²) >= 11 is 0. The van der Waals surface area contributed by atoms with Crippen molar-refractivity contribution in [1.29, 1.82) is 0 Å². The number of carbonyl (C=O) groups is 1. The molecule has 142 valence electrons. The second-order valence-corrected chi connectivity index (χ2v) is 7.49. The maximum atomic E-state index is 11.4. The number of ether oxygens (including phenoxy) is 2. The third-order valence-corrected chi connectivity index (χ3v) is 5.29. The summed E-state index contributed by atoms with van der Waals surface area (Å²) in [5.41, 5.74) is 2.36. The van der Waals surface area contributed by atoms with Crippen LogP contribution in [0.1, 0.15) is 49.1 Å². The van der Waals surface area contributed by atoms with E-state index in [4.69, 9.17) is 9.47 Å². The topological polar surface area (TPSA) is 64.6 Å². The molecule has 0 unspecified atom stereocenters. The Bertz CT molecular complexity index is 781. The number of anilines is 1. The van der Waals surface area contributed by atoms with E-state index in [1.165, 1.54) is 25.5 Å². The summed E-state index contributed by atoms with van der Waals surface area (Å²) in [6, 6.07) is 7.96. The van der Waals surface area contributed by atoms with Gasteiger partial charge in [0.2, 0.25) is 5.95 Å². The Morgan fingerprint density at radius 3 is 2.44 bits per heavy atom. The Morgan fingerprint density at radius 1 is 1.19 bits per heavy atom. The lowest BCUT2D eigenvalue weighted by molar-refractivity contribution is -0.140. The van der Waals surface area contributed by atoms with Crippen molar-refractivity contribution in [3.05, 3.63) is 47.8 Å². The first-order valence-corrected chi connectivity index (χ1v) is 9.52. The fourth-order valence-corrected chi connectivity index (χ4v) is 3.32. The molecule has 6 nitrogen and oxygen atoms in total. The molecule has 1 aromatic carbocycles. The maximum Gasteiger partial charge on any atom is 0.306 e. The molecule has 4 rings (SSSR count). The fraction of sp³-hybridized carbons (Fsp3) is 0.476. The molecule has 2 heterocycles. The van der Waals surface area contributed by atoms with E-state index in [0.29, 0.717) is 12.3 Å². The molecule has 0 N–H and O–H groups in total. The van der Waals surface area contributed by atoms with E-state index in [0.717, 1.165) is 30.4 Å². The van der Waals surface area contributed by atoms with E-state index in [9.17, 15) is 4.79 Å². The van der Waals surface area contributed by atoms with Crippen LogP contribution in [0.15, 0.2) is 36.7 Å². The lowest BCUT2D eigenvalue weighted by Gasteiger charge is -2.38. The summed E-state index contributed by atoms with van der Waals surface area (Å²) in [6.07, 6.45) is 6.99. The van der Waals surface area contributed by atoms with Crippen molar-refractivity contribution in [2.75, 3.05) is 25.1 Å². The quantitative estimate of drug-likeness (QED) is 0.700. The van der Waals surface area contributed by atoms with Gasteiger partial charge in [-0.05, 0) is 47.9 Å². The fourth-order valence-electron chi connectivity index (χ4n) is 3.32. The van der Waals surface area contributed by atoms with Crippen LogP contribution in [0.25, 0.3) is 0 Å². The van der Waals surface area contributed by atoms with Gasteiger partial charge in [-0.15, -0.1) is 0 Å². The van der Waals surface area contributed by atoms with Gasteiger partial charge < -0.3 is 14.4 Å². The molecule has 2 fully saturated rings. The molecular weight excluding hydrogens is 342 g/mol. The summed E-state index contributed by atoms with van der Waals surface area (Å²) in [6.45, 7) is 3.61. The Hall–Kier alpha value is -2.63. The lowest BCUT2D eigenvalue weighted by atomic mass is 9.98. The second-order valence-electron chi connectivity index (χ2n) is 7.49. The average molecular weight is 367 g/mol. The van der Waals surface area contributed by atoms with E-state index < -0.39 is 0 Å². The van der Waals surface area contributed by atoms with Crippen molar-refractivity contribution in [3.8, 4) is 5.75 Å². The molecule has 0 spiro atoms. The van der Waals surface area contributed by atoms with Gasteiger partial charge in [0.15, 0.2) is 0 Å². The third-order valence-electron chi connectivity index (χ3n) is 5.29. The molecule has 6 heteroatoms. The zero-order chi connectivity index (χ0) is 18.8. The molecule has 2 aromatic rings. The lowest BCUT2D eigenvalue weighted by Crippen LogP contribution is -2.54. The Kier molecular flexibility index (Phi) is 4.97. The summed E-state index contributed by atoms with van der Waals surface area (Å²) in [4.78, 5) is 22.5. The van der Waals surface area contributed by atoms with Gasteiger partial charge in [0, 0.05) is 12.4 Å². The first kappa shape index (κ1) is 17.8. The van der Waals surface area contributed by atoms with Crippen LogP contribution < -0.4 is 9.64 Å². The molecule has 1 saturated heterocycles. The standard InChI is InChI=1S/C21H25N3O3/c1-14(9-20(25)26-2)15-5-7-18(8-6-15)27-19-12-24(13-19)21-22-10-17(11-23-21)16-3-4-16/h5-8,10-11,14,16,19H,3-4,9,12-13H2,1-2H3/t14-/m1/s1. The number of esters is 1. The van der Waals surface area contributed by atoms with Crippen LogP contribution >= 0.6 is 0 Å². The largest absolute Gasteiger partial charge is 0.487 e. The van der Waals surface area contributed by atoms with Gasteiger partial charge in [-0.1, -0.05) is 19.1 Å². The van der Waals surface area contributed by atoms with Crippen LogP contribution in [-0.4, -0.2) is 42.2 Å². The number of hydrogen-bond donors (Lipinski definition) is 0. The van der Waals surface area contributed by atoms with Gasteiger partial charge in [0.05, 0.1) is 26.6 Å². The highest BCUT2D eigenvalue weighted by atomic mass is 16.5. The summed E-state index contributed by atoms with van der Waals surface area (Å²) in [5.74, 6) is 2.25. The van der Waals surface area contributed by atoms with Gasteiger partial charge in [0.25, 0.3) is 0 Å². The van der Waals surface area contributed by atoms with Crippen LogP contribution in [0, 0.1) is 0 Å².